The highest BCUT2D eigenvalue weighted by Gasteiger charge is 2.17. The standard InChI is InChI=1S/C29H20N8S/c1-17(18-5-3-2-4-6-18)33-21-11-20(13-30-14-21)24-12-22-25(15-32-24)36-37-27(22)29-34-23-7-9-31-26(28(23)35-29)19-8-10-38-16-19/h2-16,33H,1H2,(H,34,35)(H,36,37). The molecule has 0 aliphatic heterocycles. The topological polar surface area (TPSA) is 108 Å². The lowest BCUT2D eigenvalue weighted by molar-refractivity contribution is 1.10. The zero-order chi connectivity index (χ0) is 25.5. The van der Waals surface area contributed by atoms with Gasteiger partial charge in [0, 0.05) is 40.0 Å². The molecule has 7 aromatic rings. The number of hydrogen-bond donors (Lipinski definition) is 3. The molecule has 0 amide bonds. The normalized spacial score (nSPS) is 11.3. The minimum absolute atomic E-state index is 0.667. The predicted octanol–water partition coefficient (Wildman–Crippen LogP) is 6.77. The number of imidazole rings is 1. The number of aromatic amines is 2. The van der Waals surface area contributed by atoms with Crippen LogP contribution in [0.1, 0.15) is 5.56 Å². The van der Waals surface area contributed by atoms with Crippen LogP contribution < -0.4 is 5.32 Å². The molecule has 3 N–H and O–H groups in total. The van der Waals surface area contributed by atoms with Crippen molar-refractivity contribution in [1.82, 2.24) is 35.1 Å². The Labute approximate surface area is 221 Å². The maximum absolute atomic E-state index is 4.89. The van der Waals surface area contributed by atoms with Crippen molar-refractivity contribution in [3.8, 4) is 34.0 Å². The van der Waals surface area contributed by atoms with Crippen molar-refractivity contribution in [2.24, 2.45) is 0 Å². The van der Waals surface area contributed by atoms with Crippen LogP contribution in [0.25, 0.3) is 61.7 Å². The quantitative estimate of drug-likeness (QED) is 0.227. The smallest absolute Gasteiger partial charge is 0.159 e. The highest BCUT2D eigenvalue weighted by atomic mass is 32.1. The zero-order valence-corrected chi connectivity index (χ0v) is 20.8. The fourth-order valence-corrected chi connectivity index (χ4v) is 5.09. The summed E-state index contributed by atoms with van der Waals surface area (Å²) in [5.74, 6) is 0.667. The van der Waals surface area contributed by atoms with E-state index in [-0.39, 0.29) is 0 Å². The number of nitrogens with zero attached hydrogens (tertiary/aromatic N) is 5. The second kappa shape index (κ2) is 9.06. The van der Waals surface area contributed by atoms with Gasteiger partial charge in [-0.2, -0.15) is 16.4 Å². The van der Waals surface area contributed by atoms with Gasteiger partial charge in [0.25, 0.3) is 0 Å². The Morgan fingerprint density at radius 1 is 0.895 bits per heavy atom. The van der Waals surface area contributed by atoms with E-state index in [4.69, 9.17) is 4.98 Å². The van der Waals surface area contributed by atoms with Gasteiger partial charge >= 0.3 is 0 Å². The molecule has 0 saturated carbocycles. The molecular formula is C29H20N8S. The summed E-state index contributed by atoms with van der Waals surface area (Å²) in [4.78, 5) is 22.0. The van der Waals surface area contributed by atoms with E-state index in [2.05, 4.69) is 53.5 Å². The summed E-state index contributed by atoms with van der Waals surface area (Å²) in [5, 5.41) is 16.0. The number of fused-ring (bicyclic) bond motifs is 2. The Balaban J connectivity index is 1.25. The van der Waals surface area contributed by atoms with Gasteiger partial charge in [0.15, 0.2) is 5.82 Å². The maximum atomic E-state index is 4.89. The van der Waals surface area contributed by atoms with Crippen LogP contribution in [0, 0.1) is 0 Å². The molecule has 0 bridgehead atoms. The van der Waals surface area contributed by atoms with Gasteiger partial charge in [0.1, 0.15) is 11.2 Å². The number of pyridine rings is 3. The fraction of sp³-hybridized carbons (Fsp3) is 0. The monoisotopic (exact) mass is 512 g/mol. The Bertz CT molecular complexity index is 1920. The largest absolute Gasteiger partial charge is 0.354 e. The predicted molar refractivity (Wildman–Crippen MR) is 152 cm³/mol. The van der Waals surface area contributed by atoms with E-state index >= 15 is 0 Å². The molecule has 0 spiro atoms. The van der Waals surface area contributed by atoms with Crippen LogP contribution in [-0.4, -0.2) is 35.1 Å². The molecule has 1 aromatic carbocycles. The van der Waals surface area contributed by atoms with Crippen molar-refractivity contribution in [2.45, 2.75) is 0 Å². The summed E-state index contributed by atoms with van der Waals surface area (Å²) in [5.41, 5.74) is 9.45. The Kier molecular flexibility index (Phi) is 5.26. The van der Waals surface area contributed by atoms with Gasteiger partial charge in [-0.25, -0.2) is 4.98 Å². The fourth-order valence-electron chi connectivity index (χ4n) is 4.45. The highest BCUT2D eigenvalue weighted by Crippen LogP contribution is 2.32. The summed E-state index contributed by atoms with van der Waals surface area (Å²) < 4.78 is 0. The van der Waals surface area contributed by atoms with Crippen molar-refractivity contribution in [1.29, 1.82) is 0 Å². The number of hydrogen-bond acceptors (Lipinski definition) is 7. The number of thiophene rings is 1. The molecule has 6 aromatic heterocycles. The number of benzene rings is 1. The van der Waals surface area contributed by atoms with Crippen LogP contribution >= 0.6 is 11.3 Å². The summed E-state index contributed by atoms with van der Waals surface area (Å²) in [6.45, 7) is 4.16. The molecule has 0 saturated heterocycles. The molecule has 0 aliphatic carbocycles. The molecule has 8 nitrogen and oxygen atoms in total. The maximum Gasteiger partial charge on any atom is 0.159 e. The molecule has 0 fully saturated rings. The van der Waals surface area contributed by atoms with Gasteiger partial charge < -0.3 is 10.3 Å². The molecule has 0 unspecified atom stereocenters. The minimum Gasteiger partial charge on any atom is -0.354 e. The first kappa shape index (κ1) is 22.1. The second-order valence-electron chi connectivity index (χ2n) is 8.77. The third-order valence-corrected chi connectivity index (χ3v) is 7.00. The molecule has 0 aliphatic rings. The number of nitrogens with one attached hydrogen (secondary N) is 3. The first-order valence-electron chi connectivity index (χ1n) is 11.9. The molecule has 6 heterocycles. The van der Waals surface area contributed by atoms with Gasteiger partial charge in [-0.05, 0) is 35.2 Å². The van der Waals surface area contributed by atoms with Crippen molar-refractivity contribution in [3.63, 3.8) is 0 Å². The number of anilines is 1. The third-order valence-electron chi connectivity index (χ3n) is 6.32. The Hall–Kier alpha value is -5.15. The summed E-state index contributed by atoms with van der Waals surface area (Å²) in [6.07, 6.45) is 7.14. The number of rotatable bonds is 6. The molecule has 9 heteroatoms. The highest BCUT2D eigenvalue weighted by molar-refractivity contribution is 7.08. The van der Waals surface area contributed by atoms with Crippen LogP contribution in [0.5, 0.6) is 0 Å². The van der Waals surface area contributed by atoms with Crippen LogP contribution in [0.3, 0.4) is 0 Å². The van der Waals surface area contributed by atoms with E-state index in [1.165, 1.54) is 0 Å². The van der Waals surface area contributed by atoms with Gasteiger partial charge in [-0.15, -0.1) is 0 Å². The van der Waals surface area contributed by atoms with Crippen LogP contribution in [0.4, 0.5) is 5.69 Å². The minimum atomic E-state index is 0.667. The first-order chi connectivity index (χ1) is 18.7. The van der Waals surface area contributed by atoms with Gasteiger partial charge in [-0.1, -0.05) is 36.9 Å². The molecule has 0 radical (unpaired) electrons. The first-order valence-corrected chi connectivity index (χ1v) is 12.9. The lowest BCUT2D eigenvalue weighted by Gasteiger charge is -2.10. The molecule has 182 valence electrons. The van der Waals surface area contributed by atoms with Gasteiger partial charge in [0.2, 0.25) is 0 Å². The van der Waals surface area contributed by atoms with E-state index in [0.29, 0.717) is 5.82 Å². The van der Waals surface area contributed by atoms with E-state index in [9.17, 15) is 0 Å². The van der Waals surface area contributed by atoms with E-state index in [0.717, 1.165) is 67.1 Å². The third kappa shape index (κ3) is 3.91. The van der Waals surface area contributed by atoms with E-state index in [1.54, 1.807) is 36.1 Å². The molecule has 7 rings (SSSR count). The van der Waals surface area contributed by atoms with E-state index < -0.39 is 0 Å². The van der Waals surface area contributed by atoms with Crippen molar-refractivity contribution in [3.05, 3.63) is 102 Å². The van der Waals surface area contributed by atoms with Gasteiger partial charge in [0.05, 0.1) is 40.5 Å². The lowest BCUT2D eigenvalue weighted by Crippen LogP contribution is -1.98. The Morgan fingerprint density at radius 3 is 2.68 bits per heavy atom. The summed E-state index contributed by atoms with van der Waals surface area (Å²) in [7, 11) is 0. The number of H-pyrrole nitrogens is 2. The lowest BCUT2D eigenvalue weighted by atomic mass is 10.1. The zero-order valence-electron chi connectivity index (χ0n) is 20.0. The Morgan fingerprint density at radius 2 is 1.82 bits per heavy atom. The summed E-state index contributed by atoms with van der Waals surface area (Å²) >= 11 is 1.64. The average molecular weight is 513 g/mol. The van der Waals surface area contributed by atoms with Crippen molar-refractivity contribution >= 4 is 44.7 Å². The number of aromatic nitrogens is 7. The molecule has 0 atom stereocenters. The average Bonchev–Trinajstić information content (AvgIpc) is 3.73. The molecular weight excluding hydrogens is 492 g/mol. The van der Waals surface area contributed by atoms with E-state index in [1.807, 2.05) is 53.9 Å². The SMILES string of the molecule is C=C(Nc1cncc(-c2cc3c(-c4nc5c(-c6ccsc6)nccc5[nH]4)n[nH]c3cn2)c1)c1ccccc1. The van der Waals surface area contributed by atoms with Crippen molar-refractivity contribution < 1.29 is 0 Å². The summed E-state index contributed by atoms with van der Waals surface area (Å²) in [6, 6.07) is 18.0. The second-order valence-corrected chi connectivity index (χ2v) is 9.55. The van der Waals surface area contributed by atoms with Crippen LogP contribution in [0.15, 0.2) is 96.7 Å². The van der Waals surface area contributed by atoms with Crippen LogP contribution in [-0.2, 0) is 0 Å². The molecule has 38 heavy (non-hydrogen) atoms. The van der Waals surface area contributed by atoms with Gasteiger partial charge in [-0.3, -0.25) is 20.1 Å². The van der Waals surface area contributed by atoms with Crippen LogP contribution in [0.2, 0.25) is 0 Å². The van der Waals surface area contributed by atoms with Crippen molar-refractivity contribution in [2.75, 3.05) is 5.32 Å².